The van der Waals surface area contributed by atoms with E-state index in [1.807, 2.05) is 18.3 Å². The van der Waals surface area contributed by atoms with Crippen molar-refractivity contribution >= 4 is 16.9 Å². The van der Waals surface area contributed by atoms with Gasteiger partial charge in [-0.2, -0.15) is 0 Å². The molecule has 0 aliphatic rings. The van der Waals surface area contributed by atoms with Crippen molar-refractivity contribution in [1.29, 1.82) is 0 Å². The van der Waals surface area contributed by atoms with Crippen LogP contribution in [0.4, 0.5) is 0 Å². The van der Waals surface area contributed by atoms with Crippen molar-refractivity contribution in [2.45, 2.75) is 13.5 Å². The van der Waals surface area contributed by atoms with E-state index in [4.69, 9.17) is 4.74 Å². The Morgan fingerprint density at radius 3 is 2.68 bits per heavy atom. The summed E-state index contributed by atoms with van der Waals surface area (Å²) in [6, 6.07) is 7.71. The predicted molar refractivity (Wildman–Crippen MR) is 74.8 cm³/mol. The van der Waals surface area contributed by atoms with Crippen LogP contribution in [0.15, 0.2) is 30.5 Å². The summed E-state index contributed by atoms with van der Waals surface area (Å²) in [6.45, 7) is 2.30. The van der Waals surface area contributed by atoms with E-state index in [0.717, 1.165) is 21.9 Å². The van der Waals surface area contributed by atoms with E-state index in [0.29, 0.717) is 5.75 Å². The summed E-state index contributed by atoms with van der Waals surface area (Å²) in [4.78, 5) is 15.5. The molecular formula is C15H19N2O2+. The number of para-hydroxylation sites is 1. The molecule has 4 nitrogen and oxygen atoms in total. The monoisotopic (exact) mass is 259 g/mol. The molecule has 0 N–H and O–H groups in total. The lowest BCUT2D eigenvalue weighted by Crippen LogP contribution is -2.33. The molecule has 0 atom stereocenters. The van der Waals surface area contributed by atoms with Crippen LogP contribution in [-0.4, -0.2) is 36.6 Å². The minimum absolute atomic E-state index is 0.329. The Morgan fingerprint density at radius 2 is 2.05 bits per heavy atom. The van der Waals surface area contributed by atoms with Gasteiger partial charge in [0.05, 0.1) is 21.1 Å². The van der Waals surface area contributed by atoms with Crippen molar-refractivity contribution in [1.82, 2.24) is 4.98 Å². The van der Waals surface area contributed by atoms with Gasteiger partial charge < -0.3 is 9.22 Å². The SMILES string of the molecule is CC(=O)Oc1cccc2cc(C[N+](C)(C)C)cnc12. The molecule has 0 aliphatic carbocycles. The van der Waals surface area contributed by atoms with Crippen LogP contribution < -0.4 is 4.74 Å². The molecule has 0 saturated carbocycles. The van der Waals surface area contributed by atoms with Gasteiger partial charge in [-0.3, -0.25) is 9.78 Å². The van der Waals surface area contributed by atoms with Gasteiger partial charge in [0, 0.05) is 24.1 Å². The molecule has 0 fully saturated rings. The van der Waals surface area contributed by atoms with Gasteiger partial charge in [-0.25, -0.2) is 0 Å². The molecule has 0 amide bonds. The molecule has 2 rings (SSSR count). The highest BCUT2D eigenvalue weighted by molar-refractivity contribution is 5.87. The summed E-state index contributed by atoms with van der Waals surface area (Å²) in [7, 11) is 6.42. The molecule has 0 spiro atoms. The third-order valence-corrected chi connectivity index (χ3v) is 2.64. The van der Waals surface area contributed by atoms with Crippen molar-refractivity contribution in [3.05, 3.63) is 36.0 Å². The number of hydrogen-bond donors (Lipinski definition) is 0. The molecular weight excluding hydrogens is 240 g/mol. The van der Waals surface area contributed by atoms with Gasteiger partial charge in [-0.15, -0.1) is 0 Å². The number of nitrogens with zero attached hydrogens (tertiary/aromatic N) is 2. The fourth-order valence-electron chi connectivity index (χ4n) is 2.05. The second-order valence-corrected chi connectivity index (χ2v) is 5.71. The molecule has 0 bridgehead atoms. The summed E-state index contributed by atoms with van der Waals surface area (Å²) >= 11 is 0. The predicted octanol–water partition coefficient (Wildman–Crippen LogP) is 2.37. The third-order valence-electron chi connectivity index (χ3n) is 2.64. The van der Waals surface area contributed by atoms with Crippen LogP contribution in [0.3, 0.4) is 0 Å². The van der Waals surface area contributed by atoms with Crippen LogP contribution in [0.25, 0.3) is 10.9 Å². The number of aromatic nitrogens is 1. The maximum atomic E-state index is 11.1. The number of quaternary nitrogens is 1. The van der Waals surface area contributed by atoms with Crippen molar-refractivity contribution < 1.29 is 14.0 Å². The van der Waals surface area contributed by atoms with Gasteiger partial charge in [0.1, 0.15) is 12.1 Å². The first-order valence-electron chi connectivity index (χ1n) is 6.22. The number of pyridine rings is 1. The zero-order valence-electron chi connectivity index (χ0n) is 11.8. The van der Waals surface area contributed by atoms with Crippen LogP contribution >= 0.6 is 0 Å². The summed E-state index contributed by atoms with van der Waals surface area (Å²) in [5.74, 6) is 0.187. The molecule has 100 valence electrons. The Morgan fingerprint density at radius 1 is 1.32 bits per heavy atom. The molecule has 1 aromatic heterocycles. The molecule has 1 aromatic carbocycles. The van der Waals surface area contributed by atoms with Gasteiger partial charge in [0.2, 0.25) is 0 Å². The zero-order valence-corrected chi connectivity index (χ0v) is 11.8. The van der Waals surface area contributed by atoms with Crippen molar-refractivity contribution in [2.24, 2.45) is 0 Å². The van der Waals surface area contributed by atoms with Crippen LogP contribution in [0.2, 0.25) is 0 Å². The maximum Gasteiger partial charge on any atom is 0.308 e. The number of benzene rings is 1. The Bertz CT molecular complexity index is 615. The summed E-state index contributed by atoms with van der Waals surface area (Å²) in [5.41, 5.74) is 1.89. The summed E-state index contributed by atoms with van der Waals surface area (Å²) in [5, 5.41) is 0.990. The number of esters is 1. The van der Waals surface area contributed by atoms with Crippen molar-refractivity contribution in [3.63, 3.8) is 0 Å². The number of fused-ring (bicyclic) bond motifs is 1. The number of hydrogen-bond acceptors (Lipinski definition) is 3. The first-order valence-corrected chi connectivity index (χ1v) is 6.22. The molecule has 19 heavy (non-hydrogen) atoms. The number of carbonyl (C=O) groups excluding carboxylic acids is 1. The van der Waals surface area contributed by atoms with Crippen LogP contribution in [0.5, 0.6) is 5.75 Å². The zero-order chi connectivity index (χ0) is 14.0. The highest BCUT2D eigenvalue weighted by Crippen LogP contribution is 2.24. The number of carbonyl (C=O) groups is 1. The smallest absolute Gasteiger partial charge is 0.308 e. The minimum atomic E-state index is -0.329. The molecule has 0 radical (unpaired) electrons. The molecule has 0 saturated heterocycles. The maximum absolute atomic E-state index is 11.1. The lowest BCUT2D eigenvalue weighted by molar-refractivity contribution is -0.884. The third kappa shape index (κ3) is 3.51. The number of ether oxygens (including phenoxy) is 1. The molecule has 4 heteroatoms. The molecule has 2 aromatic rings. The second-order valence-electron chi connectivity index (χ2n) is 5.71. The van der Waals surface area contributed by atoms with Crippen molar-refractivity contribution in [3.8, 4) is 5.75 Å². The first kappa shape index (κ1) is 13.5. The fourth-order valence-corrected chi connectivity index (χ4v) is 2.05. The van der Waals surface area contributed by atoms with Gasteiger partial charge in [0.15, 0.2) is 5.75 Å². The van der Waals surface area contributed by atoms with E-state index >= 15 is 0 Å². The number of rotatable bonds is 3. The quantitative estimate of drug-likeness (QED) is 0.482. The van der Waals surface area contributed by atoms with Crippen LogP contribution in [-0.2, 0) is 11.3 Å². The van der Waals surface area contributed by atoms with Gasteiger partial charge in [-0.1, -0.05) is 12.1 Å². The molecule has 1 heterocycles. The summed E-state index contributed by atoms with van der Waals surface area (Å²) < 4.78 is 6.01. The minimum Gasteiger partial charge on any atom is -0.424 e. The first-order chi connectivity index (χ1) is 8.85. The van der Waals surface area contributed by atoms with E-state index in [1.54, 1.807) is 6.07 Å². The normalized spacial score (nSPS) is 11.6. The Kier molecular flexibility index (Phi) is 3.53. The second kappa shape index (κ2) is 4.97. The Balaban J connectivity index is 2.42. The highest BCUT2D eigenvalue weighted by Gasteiger charge is 2.11. The van der Waals surface area contributed by atoms with Crippen molar-refractivity contribution in [2.75, 3.05) is 21.1 Å². The van der Waals surface area contributed by atoms with Crippen LogP contribution in [0, 0.1) is 0 Å². The van der Waals surface area contributed by atoms with E-state index in [9.17, 15) is 4.79 Å². The standard InChI is InChI=1S/C15H19N2O2/c1-11(18)19-14-7-5-6-13-8-12(9-16-15(13)14)10-17(2,3)4/h5-9H,10H2,1-4H3/q+1. The topological polar surface area (TPSA) is 39.2 Å². The van der Waals surface area contributed by atoms with E-state index < -0.39 is 0 Å². The molecule has 0 unspecified atom stereocenters. The Hall–Kier alpha value is -1.94. The molecule has 0 aliphatic heterocycles. The van der Waals surface area contributed by atoms with E-state index in [-0.39, 0.29) is 5.97 Å². The lowest BCUT2D eigenvalue weighted by atomic mass is 10.1. The fraction of sp³-hybridized carbons (Fsp3) is 0.333. The Labute approximate surface area is 113 Å². The highest BCUT2D eigenvalue weighted by atomic mass is 16.5. The van der Waals surface area contributed by atoms with E-state index in [2.05, 4.69) is 32.2 Å². The summed E-state index contributed by atoms with van der Waals surface area (Å²) in [6.07, 6.45) is 1.85. The van der Waals surface area contributed by atoms with Gasteiger partial charge >= 0.3 is 5.97 Å². The largest absolute Gasteiger partial charge is 0.424 e. The van der Waals surface area contributed by atoms with Gasteiger partial charge in [0.25, 0.3) is 0 Å². The van der Waals surface area contributed by atoms with Gasteiger partial charge in [-0.05, 0) is 12.1 Å². The van der Waals surface area contributed by atoms with E-state index in [1.165, 1.54) is 12.5 Å². The van der Waals surface area contributed by atoms with Crippen LogP contribution in [0.1, 0.15) is 12.5 Å². The lowest BCUT2D eigenvalue weighted by Gasteiger charge is -2.23. The average Bonchev–Trinajstić information content (AvgIpc) is 2.26. The average molecular weight is 259 g/mol.